The maximum atomic E-state index is 6.40. The molecule has 110 valence electrons. The highest BCUT2D eigenvalue weighted by Crippen LogP contribution is 2.43. The molecule has 23 heavy (non-hydrogen) atoms. The Labute approximate surface area is 134 Å². The molecule has 0 atom stereocenters. The average molecular weight is 295 g/mol. The molecule has 0 amide bonds. The molecule has 5 aromatic rings. The molecule has 0 unspecified atom stereocenters. The number of fused-ring (bicyclic) bond motifs is 2. The topological polar surface area (TPSA) is 26.0 Å². The lowest BCUT2D eigenvalue weighted by molar-refractivity contribution is 1.16. The molecule has 0 aliphatic rings. The number of nitrogens with two attached hydrogens (primary N) is 1. The highest BCUT2D eigenvalue weighted by atomic mass is 14.6. The molecule has 0 spiro atoms. The van der Waals surface area contributed by atoms with Gasteiger partial charge in [0.1, 0.15) is 0 Å². The third kappa shape index (κ3) is 1.52. The molecular formula is C22H17N. The van der Waals surface area contributed by atoms with Gasteiger partial charge in [-0.2, -0.15) is 0 Å². The summed E-state index contributed by atoms with van der Waals surface area (Å²) < 4.78 is 0. The van der Waals surface area contributed by atoms with E-state index in [0.29, 0.717) is 0 Å². The van der Waals surface area contributed by atoms with Crippen molar-refractivity contribution < 1.29 is 0 Å². The van der Waals surface area contributed by atoms with Crippen LogP contribution in [0.1, 0.15) is 12.5 Å². The Kier molecular flexibility index (Phi) is 2.41. The van der Waals surface area contributed by atoms with E-state index in [1.54, 1.807) is 0 Å². The summed E-state index contributed by atoms with van der Waals surface area (Å²) in [6.45, 7) is 2.23. The van der Waals surface area contributed by atoms with Gasteiger partial charge in [-0.25, -0.2) is 0 Å². The fourth-order valence-electron chi connectivity index (χ4n) is 4.13. The van der Waals surface area contributed by atoms with Gasteiger partial charge in [-0.1, -0.05) is 61.5 Å². The molecule has 0 saturated heterocycles. The van der Waals surface area contributed by atoms with Crippen molar-refractivity contribution in [2.24, 2.45) is 0 Å². The fourth-order valence-corrected chi connectivity index (χ4v) is 4.13. The molecular weight excluding hydrogens is 278 g/mol. The van der Waals surface area contributed by atoms with Crippen molar-refractivity contribution in [2.45, 2.75) is 13.3 Å². The highest BCUT2D eigenvalue weighted by molar-refractivity contribution is 6.35. The predicted molar refractivity (Wildman–Crippen MR) is 101 cm³/mol. The Morgan fingerprint density at radius 3 is 1.96 bits per heavy atom. The van der Waals surface area contributed by atoms with Gasteiger partial charge >= 0.3 is 0 Å². The predicted octanol–water partition coefficient (Wildman–Crippen LogP) is 5.88. The summed E-state index contributed by atoms with van der Waals surface area (Å²) in [7, 11) is 0. The van der Waals surface area contributed by atoms with Crippen LogP contribution in [-0.4, -0.2) is 0 Å². The summed E-state index contributed by atoms with van der Waals surface area (Å²) in [6.07, 6.45) is 1.04. The first kappa shape index (κ1) is 12.7. The van der Waals surface area contributed by atoms with Crippen molar-refractivity contribution in [3.63, 3.8) is 0 Å². The molecule has 0 aliphatic carbocycles. The van der Waals surface area contributed by atoms with Crippen molar-refractivity contribution in [1.82, 2.24) is 0 Å². The second kappa shape index (κ2) is 4.36. The molecule has 5 aromatic carbocycles. The zero-order chi connectivity index (χ0) is 15.6. The Hall–Kier alpha value is -2.80. The molecule has 0 aliphatic heterocycles. The number of rotatable bonds is 1. The minimum atomic E-state index is 0.866. The number of nitrogen functional groups attached to an aromatic ring is 1. The van der Waals surface area contributed by atoms with Crippen LogP contribution in [0.2, 0.25) is 0 Å². The summed E-state index contributed by atoms with van der Waals surface area (Å²) in [5.41, 5.74) is 8.68. The van der Waals surface area contributed by atoms with Gasteiger partial charge in [-0.15, -0.1) is 0 Å². The van der Waals surface area contributed by atoms with E-state index in [1.807, 2.05) is 6.07 Å². The molecule has 0 heterocycles. The van der Waals surface area contributed by atoms with Crippen LogP contribution in [0.5, 0.6) is 0 Å². The minimum absolute atomic E-state index is 0.866. The van der Waals surface area contributed by atoms with Crippen molar-refractivity contribution in [3.8, 4) is 0 Å². The lowest BCUT2D eigenvalue weighted by atomic mass is 9.86. The van der Waals surface area contributed by atoms with E-state index in [4.69, 9.17) is 5.73 Å². The summed E-state index contributed by atoms with van der Waals surface area (Å²) in [5, 5.41) is 10.4. The summed E-state index contributed by atoms with van der Waals surface area (Å²) in [5.74, 6) is 0. The van der Waals surface area contributed by atoms with Crippen molar-refractivity contribution in [3.05, 3.63) is 66.2 Å². The van der Waals surface area contributed by atoms with Crippen molar-refractivity contribution in [2.75, 3.05) is 5.73 Å². The van der Waals surface area contributed by atoms with Gasteiger partial charge in [-0.05, 0) is 55.8 Å². The zero-order valence-electron chi connectivity index (χ0n) is 13.1. The third-order valence-electron chi connectivity index (χ3n) is 5.13. The van der Waals surface area contributed by atoms with E-state index in [1.165, 1.54) is 48.7 Å². The van der Waals surface area contributed by atoms with Crippen LogP contribution in [0, 0.1) is 0 Å². The molecule has 0 bridgehead atoms. The van der Waals surface area contributed by atoms with Crippen LogP contribution in [0.25, 0.3) is 43.1 Å². The molecule has 2 N–H and O–H groups in total. The van der Waals surface area contributed by atoms with E-state index >= 15 is 0 Å². The zero-order valence-corrected chi connectivity index (χ0v) is 13.1. The lowest BCUT2D eigenvalue weighted by Gasteiger charge is -2.17. The van der Waals surface area contributed by atoms with Crippen LogP contribution >= 0.6 is 0 Å². The summed E-state index contributed by atoms with van der Waals surface area (Å²) >= 11 is 0. The lowest BCUT2D eigenvalue weighted by Crippen LogP contribution is -1.94. The van der Waals surface area contributed by atoms with E-state index in [9.17, 15) is 0 Å². The molecule has 0 radical (unpaired) electrons. The quantitative estimate of drug-likeness (QED) is 0.233. The van der Waals surface area contributed by atoms with Crippen molar-refractivity contribution >= 4 is 48.8 Å². The van der Waals surface area contributed by atoms with Crippen LogP contribution in [0.4, 0.5) is 5.69 Å². The van der Waals surface area contributed by atoms with Gasteiger partial charge in [0, 0.05) is 11.1 Å². The molecule has 5 rings (SSSR count). The van der Waals surface area contributed by atoms with E-state index in [-0.39, 0.29) is 0 Å². The first-order chi connectivity index (χ1) is 11.3. The Balaban J connectivity index is 2.29. The SMILES string of the molecule is CCc1ccc2cccc3c4c(N)ccc5cccc(c1c23)c54. The third-order valence-corrected chi connectivity index (χ3v) is 5.13. The highest BCUT2D eigenvalue weighted by Gasteiger charge is 2.16. The number of hydrogen-bond donors (Lipinski definition) is 1. The monoisotopic (exact) mass is 295 g/mol. The number of hydrogen-bond acceptors (Lipinski definition) is 1. The number of aryl methyl sites for hydroxylation is 1. The van der Waals surface area contributed by atoms with Gasteiger partial charge in [0.05, 0.1) is 0 Å². The van der Waals surface area contributed by atoms with Gasteiger partial charge in [0.2, 0.25) is 0 Å². The first-order valence-corrected chi connectivity index (χ1v) is 8.16. The number of anilines is 1. The fraction of sp³-hybridized carbons (Fsp3) is 0.0909. The van der Waals surface area contributed by atoms with Gasteiger partial charge < -0.3 is 5.73 Å². The Morgan fingerprint density at radius 2 is 1.26 bits per heavy atom. The molecule has 0 aromatic heterocycles. The van der Waals surface area contributed by atoms with Gasteiger partial charge in [0.15, 0.2) is 0 Å². The van der Waals surface area contributed by atoms with Crippen LogP contribution in [0.3, 0.4) is 0 Å². The maximum Gasteiger partial charge on any atom is 0.0400 e. The van der Waals surface area contributed by atoms with E-state index in [2.05, 4.69) is 61.5 Å². The minimum Gasteiger partial charge on any atom is -0.398 e. The molecule has 0 fully saturated rings. The van der Waals surface area contributed by atoms with Gasteiger partial charge in [0.25, 0.3) is 0 Å². The second-order valence-electron chi connectivity index (χ2n) is 6.29. The largest absolute Gasteiger partial charge is 0.398 e. The standard InChI is InChI=1S/C22H17N/c1-2-13-9-10-14-5-4-8-17-20(14)19(13)16-7-3-6-15-11-12-18(23)22(17)21(15)16/h3-12H,2,23H2,1H3. The molecule has 0 saturated carbocycles. The van der Waals surface area contributed by atoms with Gasteiger partial charge in [-0.3, -0.25) is 0 Å². The van der Waals surface area contributed by atoms with Crippen molar-refractivity contribution in [1.29, 1.82) is 0 Å². The smallest absolute Gasteiger partial charge is 0.0400 e. The Morgan fingerprint density at radius 1 is 0.652 bits per heavy atom. The first-order valence-electron chi connectivity index (χ1n) is 8.16. The molecule has 1 heteroatoms. The summed E-state index contributed by atoms with van der Waals surface area (Å²) in [4.78, 5) is 0. The number of benzene rings is 5. The molecule has 1 nitrogen and oxygen atoms in total. The maximum absolute atomic E-state index is 6.40. The normalized spacial score (nSPS) is 12.0. The van der Waals surface area contributed by atoms with Crippen LogP contribution in [-0.2, 0) is 6.42 Å². The summed E-state index contributed by atoms with van der Waals surface area (Å²) in [6, 6.07) is 21.8. The average Bonchev–Trinajstić information content (AvgIpc) is 2.60. The second-order valence-corrected chi connectivity index (χ2v) is 6.29. The van der Waals surface area contributed by atoms with E-state index in [0.717, 1.165) is 12.1 Å². The van der Waals surface area contributed by atoms with E-state index < -0.39 is 0 Å². The Bertz CT molecular complexity index is 1200. The van der Waals surface area contributed by atoms with Crippen LogP contribution in [0.15, 0.2) is 60.7 Å². The van der Waals surface area contributed by atoms with Crippen LogP contribution < -0.4 is 5.73 Å².